The monoisotopic (exact) mass is 969 g/mol. The molecular formula is C46H64N16O8. The summed E-state index contributed by atoms with van der Waals surface area (Å²) in [6.45, 7) is 6.97. The van der Waals surface area contributed by atoms with Gasteiger partial charge in [0.25, 0.3) is 0 Å². The molecule has 10 atom stereocenters. The van der Waals surface area contributed by atoms with Gasteiger partial charge in [-0.15, -0.1) is 0 Å². The smallest absolute Gasteiger partial charge is 0.229 e. The van der Waals surface area contributed by atoms with Crippen LogP contribution in [0.25, 0.3) is 22.3 Å². The van der Waals surface area contributed by atoms with Crippen molar-refractivity contribution in [3.05, 3.63) is 47.7 Å². The van der Waals surface area contributed by atoms with E-state index in [4.69, 9.17) is 48.4 Å². The number of nitrogens with zero attached hydrogens (tertiary/aromatic N) is 14. The SMILES string of the molecule is CCc1cc([C@H]2O[C@@H](n3cnc4c(NC5CCC(Nc6nc(N7CC[C@@H](N(C)C)C7)nc7c6ncn7[C@@H]6O[C@H](c7cc(CC)no7)[C@@H](O)[C@H]6O)CC5)nc(N5CC[C@@H](N(C)C)C5)nc43)[C@H](O)[C@@H]2O)on1. The van der Waals surface area contributed by atoms with Crippen molar-refractivity contribution >= 4 is 45.9 Å². The van der Waals surface area contributed by atoms with Crippen molar-refractivity contribution in [2.75, 3.05) is 74.8 Å². The Kier molecular flexibility index (Phi) is 12.6. The predicted molar refractivity (Wildman–Crippen MR) is 254 cm³/mol. The lowest BCUT2D eigenvalue weighted by molar-refractivity contribution is -0.0434. The van der Waals surface area contributed by atoms with Gasteiger partial charge in [-0.3, -0.25) is 9.13 Å². The van der Waals surface area contributed by atoms with E-state index < -0.39 is 49.1 Å². The molecule has 6 aromatic heterocycles. The molecule has 4 aliphatic heterocycles. The molecule has 376 valence electrons. The van der Waals surface area contributed by atoms with Crippen LogP contribution >= 0.6 is 0 Å². The minimum absolute atomic E-state index is 0.0480. The van der Waals surface area contributed by atoms with Crippen molar-refractivity contribution in [1.82, 2.24) is 59.2 Å². The Morgan fingerprint density at radius 2 is 1.00 bits per heavy atom. The van der Waals surface area contributed by atoms with Gasteiger partial charge in [0.05, 0.1) is 24.0 Å². The van der Waals surface area contributed by atoms with E-state index in [0.717, 1.165) is 76.1 Å². The lowest BCUT2D eigenvalue weighted by Crippen LogP contribution is -2.34. The van der Waals surface area contributed by atoms with Gasteiger partial charge in [0.1, 0.15) is 36.6 Å². The number of rotatable bonds is 14. The summed E-state index contributed by atoms with van der Waals surface area (Å²) in [6.07, 6.45) is 0.606. The highest BCUT2D eigenvalue weighted by Crippen LogP contribution is 2.43. The van der Waals surface area contributed by atoms with Crippen molar-refractivity contribution in [1.29, 1.82) is 0 Å². The van der Waals surface area contributed by atoms with Gasteiger partial charge < -0.3 is 69.2 Å². The van der Waals surface area contributed by atoms with E-state index in [9.17, 15) is 20.4 Å². The molecule has 6 aromatic rings. The molecule has 1 aliphatic carbocycles. The number of hydrogen-bond acceptors (Lipinski definition) is 22. The summed E-state index contributed by atoms with van der Waals surface area (Å²) < 4.78 is 27.0. The zero-order valence-corrected chi connectivity index (χ0v) is 40.4. The van der Waals surface area contributed by atoms with Crippen molar-refractivity contribution in [3.8, 4) is 0 Å². The summed E-state index contributed by atoms with van der Waals surface area (Å²) in [5.74, 6) is 2.95. The van der Waals surface area contributed by atoms with Crippen molar-refractivity contribution in [3.63, 3.8) is 0 Å². The zero-order chi connectivity index (χ0) is 48.5. The van der Waals surface area contributed by atoms with Gasteiger partial charge in [0.15, 0.2) is 57.9 Å². The van der Waals surface area contributed by atoms with Gasteiger partial charge in [0, 0.05) is 62.5 Å². The van der Waals surface area contributed by atoms with Gasteiger partial charge in [-0.25, -0.2) is 9.97 Å². The van der Waals surface area contributed by atoms with E-state index in [-0.39, 0.29) is 12.1 Å². The first-order valence-electron chi connectivity index (χ1n) is 24.6. The minimum atomic E-state index is -1.30. The Morgan fingerprint density at radius 3 is 1.36 bits per heavy atom. The molecule has 0 amide bonds. The van der Waals surface area contributed by atoms with Gasteiger partial charge in [-0.1, -0.05) is 24.2 Å². The summed E-state index contributed by atoms with van der Waals surface area (Å²) in [7, 11) is 8.32. The van der Waals surface area contributed by atoms with E-state index in [0.29, 0.717) is 82.3 Å². The highest BCUT2D eigenvalue weighted by Gasteiger charge is 2.48. The molecule has 0 radical (unpaired) electrons. The van der Waals surface area contributed by atoms with Crippen LogP contribution in [0.1, 0.15) is 99.9 Å². The topological polar surface area (TPSA) is 276 Å². The molecule has 11 rings (SSSR count). The van der Waals surface area contributed by atoms with Gasteiger partial charge in [0.2, 0.25) is 11.9 Å². The Balaban J connectivity index is 0.843. The number of aromatic nitrogens is 10. The molecular weight excluding hydrogens is 905 g/mol. The number of aliphatic hydroxyl groups excluding tert-OH is 4. The van der Waals surface area contributed by atoms with Gasteiger partial charge in [-0.2, -0.15) is 19.9 Å². The molecule has 4 saturated heterocycles. The number of hydrogen-bond donors (Lipinski definition) is 6. The van der Waals surface area contributed by atoms with Crippen LogP contribution in [0.2, 0.25) is 0 Å². The van der Waals surface area contributed by atoms with Crippen molar-refractivity contribution in [2.45, 2.75) is 138 Å². The van der Waals surface area contributed by atoms with E-state index >= 15 is 0 Å². The molecule has 10 heterocycles. The lowest BCUT2D eigenvalue weighted by Gasteiger charge is -2.31. The third-order valence-electron chi connectivity index (χ3n) is 15.0. The second-order valence-corrected chi connectivity index (χ2v) is 19.9. The Hall–Kier alpha value is -5.60. The van der Waals surface area contributed by atoms with E-state index in [1.54, 1.807) is 33.9 Å². The average Bonchev–Trinajstić information content (AvgIpc) is 4.22. The third kappa shape index (κ3) is 8.50. The Bertz CT molecular complexity index is 2600. The molecule has 0 unspecified atom stereocenters. The van der Waals surface area contributed by atoms with E-state index in [2.05, 4.69) is 68.7 Å². The standard InChI is InChI=1S/C46H64N16O8/c1-7-23-17-29(69-55-23)37-33(63)35(65)43(67-37)61-21-47-31-39(51-45(53-41(31)61)59-15-13-27(19-59)57(3)4)49-25-9-11-26(12-10-25)50-40-32-42(54-46(52-40)60-16-14-28(20-60)58(5)6)62(22-48-32)44-36(66)34(64)38(68-44)30-18-24(8-2)56-70-30/h17-18,21-22,25-28,33-38,43-44,63-66H,7-16,19-20H2,1-6H3,(H,49,51,53)(H,50,52,54)/t25?,26?,27-,28-,33+,34+,35-,36-,37-,38-,43-,44-/m1/s1. The first-order valence-corrected chi connectivity index (χ1v) is 24.6. The van der Waals surface area contributed by atoms with Gasteiger partial charge >= 0.3 is 0 Å². The third-order valence-corrected chi connectivity index (χ3v) is 15.0. The molecule has 1 saturated carbocycles. The van der Waals surface area contributed by atoms with Gasteiger partial charge in [-0.05, 0) is 79.6 Å². The number of imidazole rings is 2. The maximum atomic E-state index is 11.4. The lowest BCUT2D eigenvalue weighted by atomic mass is 9.91. The molecule has 5 fully saturated rings. The fourth-order valence-corrected chi connectivity index (χ4v) is 10.6. The van der Waals surface area contributed by atoms with Crippen LogP contribution in [0.5, 0.6) is 0 Å². The highest BCUT2D eigenvalue weighted by molar-refractivity contribution is 5.85. The van der Waals surface area contributed by atoms with Crippen LogP contribution < -0.4 is 20.4 Å². The minimum Gasteiger partial charge on any atom is -0.387 e. The number of nitrogens with one attached hydrogen (secondary N) is 2. The fourth-order valence-electron chi connectivity index (χ4n) is 10.6. The highest BCUT2D eigenvalue weighted by atomic mass is 16.6. The van der Waals surface area contributed by atoms with E-state index in [1.165, 1.54) is 0 Å². The molecule has 70 heavy (non-hydrogen) atoms. The molecule has 0 aromatic carbocycles. The quantitative estimate of drug-likeness (QED) is 0.0913. The van der Waals surface area contributed by atoms with Crippen LogP contribution in [-0.2, 0) is 22.3 Å². The van der Waals surface area contributed by atoms with E-state index in [1.807, 2.05) is 13.8 Å². The number of aryl methyl sites for hydroxylation is 2. The fraction of sp³-hybridized carbons (Fsp3) is 0.652. The maximum Gasteiger partial charge on any atom is 0.229 e. The summed E-state index contributed by atoms with van der Waals surface area (Å²) in [4.78, 5) is 38.7. The molecule has 0 bridgehead atoms. The number of likely N-dealkylation sites (N-methyl/N-ethyl adjacent to an activating group) is 2. The summed E-state index contributed by atoms with van der Waals surface area (Å²) >= 11 is 0. The normalized spacial score (nSPS) is 30.6. The van der Waals surface area contributed by atoms with Crippen LogP contribution in [0, 0.1) is 0 Å². The summed E-state index contributed by atoms with van der Waals surface area (Å²) in [6, 6.07) is 4.25. The summed E-state index contributed by atoms with van der Waals surface area (Å²) in [5.41, 5.74) is 3.45. The molecule has 5 aliphatic rings. The molecule has 24 nitrogen and oxygen atoms in total. The van der Waals surface area contributed by atoms with Crippen LogP contribution in [0.3, 0.4) is 0 Å². The predicted octanol–water partition coefficient (Wildman–Crippen LogP) is 2.17. The molecule has 24 heteroatoms. The molecule has 0 spiro atoms. The molecule has 6 N–H and O–H groups in total. The van der Waals surface area contributed by atoms with Crippen molar-refractivity contribution in [2.24, 2.45) is 0 Å². The average molecular weight is 969 g/mol. The number of anilines is 4. The van der Waals surface area contributed by atoms with Crippen molar-refractivity contribution < 1.29 is 38.9 Å². The van der Waals surface area contributed by atoms with Crippen LogP contribution in [0.4, 0.5) is 23.5 Å². The number of aliphatic hydroxyl groups is 4. The van der Waals surface area contributed by atoms with Crippen LogP contribution in [0.15, 0.2) is 33.8 Å². The number of ether oxygens (including phenoxy) is 2. The first-order chi connectivity index (χ1) is 33.8. The van der Waals surface area contributed by atoms with Crippen LogP contribution in [-0.4, -0.2) is 183 Å². The number of fused-ring (bicyclic) bond motifs is 2. The Morgan fingerprint density at radius 1 is 0.586 bits per heavy atom. The second kappa shape index (κ2) is 18.9. The second-order valence-electron chi connectivity index (χ2n) is 19.9. The first kappa shape index (κ1) is 46.8. The Labute approximate surface area is 404 Å². The largest absolute Gasteiger partial charge is 0.387 e. The summed E-state index contributed by atoms with van der Waals surface area (Å²) in [5, 5.41) is 60.8. The maximum absolute atomic E-state index is 11.4. The zero-order valence-electron chi connectivity index (χ0n) is 40.4.